The van der Waals surface area contributed by atoms with Crippen LogP contribution in [0.2, 0.25) is 0 Å². The van der Waals surface area contributed by atoms with E-state index in [1.54, 1.807) is 0 Å². The van der Waals surface area contributed by atoms with Crippen molar-refractivity contribution < 1.29 is 9.34 Å². The van der Waals surface area contributed by atoms with Gasteiger partial charge in [0.25, 0.3) is 0 Å². The molecule has 0 atom stereocenters. The largest absolute Gasteiger partial charge is 0.433 e. The Kier molecular flexibility index (Phi) is 3.51. The number of benzene rings is 1. The van der Waals surface area contributed by atoms with Crippen LogP contribution in [0.25, 0.3) is 10.9 Å². The van der Waals surface area contributed by atoms with Gasteiger partial charge in [-0.3, -0.25) is 15.1 Å². The zero-order valence-electron chi connectivity index (χ0n) is 11.2. The van der Waals surface area contributed by atoms with Gasteiger partial charge in [0.05, 0.1) is 12.3 Å². The number of aliphatic imine (C=N–C) groups is 1. The molecule has 0 saturated heterocycles. The summed E-state index contributed by atoms with van der Waals surface area (Å²) >= 11 is 0. The number of hydrogen-bond donors (Lipinski definition) is 1. The van der Waals surface area contributed by atoms with Crippen molar-refractivity contribution in [3.05, 3.63) is 64.0 Å². The van der Waals surface area contributed by atoms with Gasteiger partial charge in [0.15, 0.2) is 5.76 Å². The molecule has 0 bridgehead atoms. The third-order valence-corrected chi connectivity index (χ3v) is 3.20. The second-order valence-electron chi connectivity index (χ2n) is 4.58. The minimum Gasteiger partial charge on any atom is -0.400 e. The van der Waals surface area contributed by atoms with Crippen molar-refractivity contribution in [2.45, 2.75) is 6.42 Å². The highest BCUT2D eigenvalue weighted by Gasteiger charge is 2.10. The Hall–Kier alpha value is -2.89. The fourth-order valence-electron chi connectivity index (χ4n) is 2.19. The summed E-state index contributed by atoms with van der Waals surface area (Å²) in [5.41, 5.74) is 2.31. The van der Waals surface area contributed by atoms with E-state index in [0.29, 0.717) is 12.3 Å². The van der Waals surface area contributed by atoms with E-state index in [0.717, 1.165) is 11.9 Å². The number of aromatic amines is 1. The standard InChI is InChI=1S/C15H13N3O3/c19-18(20)15-6-5-12(21-15)10-16-8-7-11-9-17-14-4-2-1-3-13(11)14/h1-6,9-10,17H,7-8H2. The fourth-order valence-corrected chi connectivity index (χ4v) is 2.19. The molecule has 0 saturated carbocycles. The molecule has 0 fully saturated rings. The van der Waals surface area contributed by atoms with Crippen LogP contribution in [0.4, 0.5) is 5.88 Å². The summed E-state index contributed by atoms with van der Waals surface area (Å²) in [6, 6.07) is 11.0. The Labute approximate surface area is 120 Å². The quantitative estimate of drug-likeness (QED) is 0.443. The first-order chi connectivity index (χ1) is 10.2. The van der Waals surface area contributed by atoms with Crippen LogP contribution in [0.15, 0.2) is 52.0 Å². The van der Waals surface area contributed by atoms with Crippen LogP contribution in [-0.2, 0) is 6.42 Å². The van der Waals surface area contributed by atoms with Crippen LogP contribution in [0.1, 0.15) is 11.3 Å². The molecular weight excluding hydrogens is 270 g/mol. The molecule has 0 unspecified atom stereocenters. The second-order valence-corrected chi connectivity index (χ2v) is 4.58. The van der Waals surface area contributed by atoms with Crippen molar-refractivity contribution in [2.75, 3.05) is 6.54 Å². The van der Waals surface area contributed by atoms with E-state index < -0.39 is 4.92 Å². The highest BCUT2D eigenvalue weighted by molar-refractivity contribution is 5.83. The molecule has 3 aromatic rings. The Morgan fingerprint density at radius 1 is 1.29 bits per heavy atom. The SMILES string of the molecule is O=[N+]([O-])c1ccc(C=NCCc2c[nH]c3ccccc23)o1. The molecule has 0 spiro atoms. The average Bonchev–Trinajstić information content (AvgIpc) is 3.11. The van der Waals surface area contributed by atoms with Crippen molar-refractivity contribution in [1.82, 2.24) is 4.98 Å². The Morgan fingerprint density at radius 3 is 2.95 bits per heavy atom. The van der Waals surface area contributed by atoms with Crippen LogP contribution in [0.5, 0.6) is 0 Å². The molecule has 1 N–H and O–H groups in total. The molecule has 21 heavy (non-hydrogen) atoms. The van der Waals surface area contributed by atoms with Crippen molar-refractivity contribution >= 4 is 23.0 Å². The molecule has 0 amide bonds. The van der Waals surface area contributed by atoms with Crippen LogP contribution >= 0.6 is 0 Å². The molecule has 106 valence electrons. The number of rotatable bonds is 5. The van der Waals surface area contributed by atoms with Crippen molar-refractivity contribution in [3.63, 3.8) is 0 Å². The van der Waals surface area contributed by atoms with E-state index >= 15 is 0 Å². The van der Waals surface area contributed by atoms with E-state index in [1.165, 1.54) is 29.3 Å². The van der Waals surface area contributed by atoms with Gasteiger partial charge in [0.1, 0.15) is 4.92 Å². The van der Waals surface area contributed by atoms with Crippen LogP contribution in [0, 0.1) is 10.1 Å². The highest BCUT2D eigenvalue weighted by atomic mass is 16.6. The average molecular weight is 283 g/mol. The van der Waals surface area contributed by atoms with Gasteiger partial charge in [0, 0.05) is 23.6 Å². The maximum Gasteiger partial charge on any atom is 0.433 e. The van der Waals surface area contributed by atoms with Crippen molar-refractivity contribution in [2.24, 2.45) is 4.99 Å². The fraction of sp³-hybridized carbons (Fsp3) is 0.133. The molecule has 2 heterocycles. The van der Waals surface area contributed by atoms with E-state index in [-0.39, 0.29) is 5.88 Å². The van der Waals surface area contributed by atoms with Gasteiger partial charge < -0.3 is 9.40 Å². The lowest BCUT2D eigenvalue weighted by molar-refractivity contribution is -0.402. The maximum atomic E-state index is 10.5. The summed E-state index contributed by atoms with van der Waals surface area (Å²) in [7, 11) is 0. The number of para-hydroxylation sites is 1. The summed E-state index contributed by atoms with van der Waals surface area (Å²) < 4.78 is 5.00. The Bertz CT molecular complexity index is 801. The van der Waals surface area contributed by atoms with Gasteiger partial charge >= 0.3 is 5.88 Å². The lowest BCUT2D eigenvalue weighted by atomic mass is 10.1. The van der Waals surface area contributed by atoms with Crippen molar-refractivity contribution in [3.8, 4) is 0 Å². The monoisotopic (exact) mass is 283 g/mol. The topological polar surface area (TPSA) is 84.4 Å². The number of nitro groups is 1. The number of nitrogens with one attached hydrogen (secondary N) is 1. The van der Waals surface area contributed by atoms with Crippen LogP contribution in [-0.4, -0.2) is 22.7 Å². The maximum absolute atomic E-state index is 10.5. The first-order valence-electron chi connectivity index (χ1n) is 6.53. The molecular formula is C15H13N3O3. The summed E-state index contributed by atoms with van der Waals surface area (Å²) in [5.74, 6) is 0.119. The summed E-state index contributed by atoms with van der Waals surface area (Å²) in [6.45, 7) is 0.594. The predicted octanol–water partition coefficient (Wildman–Crippen LogP) is 3.33. The number of H-pyrrole nitrogens is 1. The van der Waals surface area contributed by atoms with E-state index in [4.69, 9.17) is 4.42 Å². The summed E-state index contributed by atoms with van der Waals surface area (Å²) in [6.07, 6.45) is 4.29. The van der Waals surface area contributed by atoms with Crippen LogP contribution in [0.3, 0.4) is 0 Å². The number of aromatic nitrogens is 1. The van der Waals surface area contributed by atoms with Gasteiger partial charge in [-0.1, -0.05) is 18.2 Å². The third kappa shape index (κ3) is 2.84. The predicted molar refractivity (Wildman–Crippen MR) is 79.8 cm³/mol. The molecule has 0 aliphatic rings. The normalized spacial score (nSPS) is 11.4. The van der Waals surface area contributed by atoms with Gasteiger partial charge in [-0.15, -0.1) is 0 Å². The molecule has 3 rings (SSSR count). The molecule has 1 aromatic carbocycles. The Morgan fingerprint density at radius 2 is 2.14 bits per heavy atom. The zero-order chi connectivity index (χ0) is 14.7. The molecule has 0 aliphatic heterocycles. The summed E-state index contributed by atoms with van der Waals surface area (Å²) in [5, 5.41) is 11.7. The second kappa shape index (κ2) is 5.62. The number of fused-ring (bicyclic) bond motifs is 1. The zero-order valence-corrected chi connectivity index (χ0v) is 11.2. The van der Waals surface area contributed by atoms with Gasteiger partial charge in [0.2, 0.25) is 0 Å². The Balaban J connectivity index is 1.62. The number of nitrogens with zero attached hydrogens (tertiary/aromatic N) is 2. The van der Waals surface area contributed by atoms with E-state index in [1.807, 2.05) is 24.4 Å². The van der Waals surface area contributed by atoms with Crippen LogP contribution < -0.4 is 0 Å². The molecule has 2 aromatic heterocycles. The first kappa shape index (κ1) is 13.1. The van der Waals surface area contributed by atoms with E-state index in [2.05, 4.69) is 16.0 Å². The first-order valence-corrected chi connectivity index (χ1v) is 6.53. The lowest BCUT2D eigenvalue weighted by Crippen LogP contribution is -1.89. The number of hydrogen-bond acceptors (Lipinski definition) is 4. The minimum atomic E-state index is -0.566. The lowest BCUT2D eigenvalue weighted by Gasteiger charge is -1.95. The minimum absolute atomic E-state index is 0.270. The molecule has 0 aliphatic carbocycles. The van der Waals surface area contributed by atoms with Gasteiger partial charge in [-0.05, 0) is 24.1 Å². The molecule has 0 radical (unpaired) electrons. The van der Waals surface area contributed by atoms with Gasteiger partial charge in [-0.2, -0.15) is 0 Å². The molecule has 6 heteroatoms. The smallest absolute Gasteiger partial charge is 0.400 e. The highest BCUT2D eigenvalue weighted by Crippen LogP contribution is 2.18. The third-order valence-electron chi connectivity index (χ3n) is 3.20. The summed E-state index contributed by atoms with van der Waals surface area (Å²) in [4.78, 5) is 17.4. The molecule has 6 nitrogen and oxygen atoms in total. The van der Waals surface area contributed by atoms with Crippen molar-refractivity contribution in [1.29, 1.82) is 0 Å². The van der Waals surface area contributed by atoms with E-state index in [9.17, 15) is 10.1 Å². The van der Waals surface area contributed by atoms with Gasteiger partial charge in [-0.25, -0.2) is 0 Å². The number of furan rings is 1.